The first kappa shape index (κ1) is 25.0. The fourth-order valence-corrected chi connectivity index (χ4v) is 4.92. The van der Waals surface area contributed by atoms with E-state index in [2.05, 4.69) is 36.9 Å². The second kappa shape index (κ2) is 10.7. The number of amides is 4. The number of hydrogen-bond donors (Lipinski definition) is 5. The van der Waals surface area contributed by atoms with Crippen LogP contribution in [0, 0.1) is 11.8 Å². The molecule has 0 spiro atoms. The fourth-order valence-electron chi connectivity index (χ4n) is 4.48. The highest BCUT2D eigenvalue weighted by Gasteiger charge is 2.34. The average Bonchev–Trinajstić information content (AvgIpc) is 3.53. The van der Waals surface area contributed by atoms with Gasteiger partial charge < -0.3 is 31.4 Å². The van der Waals surface area contributed by atoms with E-state index in [0.717, 1.165) is 29.1 Å². The number of fused-ring (bicyclic) bond motifs is 1. The minimum absolute atomic E-state index is 0.132. The second-order valence-electron chi connectivity index (χ2n) is 9.26. The molecule has 2 aliphatic rings. The molecule has 1 aliphatic carbocycles. The summed E-state index contributed by atoms with van der Waals surface area (Å²) in [6.07, 6.45) is 4.00. The topological polar surface area (TPSA) is 155 Å². The zero-order valence-corrected chi connectivity index (χ0v) is 21.1. The van der Waals surface area contributed by atoms with Gasteiger partial charge in [-0.2, -0.15) is 0 Å². The summed E-state index contributed by atoms with van der Waals surface area (Å²) in [6, 6.07) is 3.45. The summed E-state index contributed by atoms with van der Waals surface area (Å²) in [6.45, 7) is 0.606. The van der Waals surface area contributed by atoms with Crippen molar-refractivity contribution in [2.24, 2.45) is 17.6 Å². The smallest absolute Gasteiger partial charge is 0.268 e. The van der Waals surface area contributed by atoms with Crippen LogP contribution < -0.4 is 26.4 Å². The summed E-state index contributed by atoms with van der Waals surface area (Å²) in [7, 11) is 1.55. The van der Waals surface area contributed by atoms with Gasteiger partial charge >= 0.3 is 0 Å². The van der Waals surface area contributed by atoms with Gasteiger partial charge in [-0.15, -0.1) is 0 Å². The maximum absolute atomic E-state index is 13.2. The van der Waals surface area contributed by atoms with E-state index < -0.39 is 35.7 Å². The molecule has 1 saturated carbocycles. The molecule has 2 heterocycles. The number of nitrogens with one attached hydrogen (secondary N) is 4. The van der Waals surface area contributed by atoms with E-state index in [-0.39, 0.29) is 18.0 Å². The van der Waals surface area contributed by atoms with Gasteiger partial charge in [0.05, 0.1) is 12.6 Å². The Kier molecular flexibility index (Phi) is 7.63. The zero-order valence-electron chi connectivity index (χ0n) is 19.5. The number of aromatic nitrogens is 1. The lowest BCUT2D eigenvalue weighted by Gasteiger charge is -2.27. The third kappa shape index (κ3) is 5.95. The predicted octanol–water partition coefficient (Wildman–Crippen LogP) is 1.72. The monoisotopic (exact) mass is 547 g/mol. The summed E-state index contributed by atoms with van der Waals surface area (Å²) >= 11 is 3.47. The van der Waals surface area contributed by atoms with Crippen molar-refractivity contribution < 1.29 is 23.9 Å². The number of carbonyl (C=O) groups excluding carboxylic acids is 4. The molecule has 2 fully saturated rings. The zero-order chi connectivity index (χ0) is 25.1. The van der Waals surface area contributed by atoms with Gasteiger partial charge in [-0.25, -0.2) is 0 Å². The van der Waals surface area contributed by atoms with Crippen molar-refractivity contribution >= 4 is 50.5 Å². The number of rotatable bonds is 10. The van der Waals surface area contributed by atoms with E-state index in [4.69, 9.17) is 10.5 Å². The Morgan fingerprint density at radius 1 is 1.17 bits per heavy atom. The minimum atomic E-state index is -0.997. The van der Waals surface area contributed by atoms with Crippen LogP contribution in [0.2, 0.25) is 0 Å². The number of carbonyl (C=O) groups is 4. The Labute approximate surface area is 211 Å². The van der Waals surface area contributed by atoms with Crippen molar-refractivity contribution in [1.29, 1.82) is 0 Å². The van der Waals surface area contributed by atoms with Crippen molar-refractivity contribution in [3.8, 4) is 5.75 Å². The summed E-state index contributed by atoms with van der Waals surface area (Å²) in [5.41, 5.74) is 6.53. The van der Waals surface area contributed by atoms with E-state index in [1.165, 1.54) is 0 Å². The van der Waals surface area contributed by atoms with Gasteiger partial charge in [-0.05, 0) is 65.7 Å². The summed E-state index contributed by atoms with van der Waals surface area (Å²) < 4.78 is 6.16. The summed E-state index contributed by atoms with van der Waals surface area (Å²) in [5.74, 6) is -1.22. The number of halogens is 1. The largest absolute Gasteiger partial charge is 0.496 e. The molecule has 4 rings (SSSR count). The Bertz CT molecular complexity index is 1140. The first-order valence-electron chi connectivity index (χ1n) is 11.8. The Morgan fingerprint density at radius 3 is 2.60 bits per heavy atom. The molecule has 2 unspecified atom stereocenters. The molecular weight excluding hydrogens is 518 g/mol. The lowest BCUT2D eigenvalue weighted by Crippen LogP contribution is -2.54. The Balaban J connectivity index is 1.48. The molecule has 188 valence electrons. The molecule has 6 N–H and O–H groups in total. The number of hydrogen-bond acceptors (Lipinski definition) is 5. The lowest BCUT2D eigenvalue weighted by molar-refractivity contribution is -0.131. The van der Waals surface area contributed by atoms with Gasteiger partial charge in [-0.1, -0.05) is 12.8 Å². The van der Waals surface area contributed by atoms with E-state index in [9.17, 15) is 19.2 Å². The van der Waals surface area contributed by atoms with Gasteiger partial charge in [0.15, 0.2) is 0 Å². The van der Waals surface area contributed by atoms with Gasteiger partial charge in [0, 0.05) is 22.3 Å². The molecule has 3 atom stereocenters. The number of nitrogens with two attached hydrogens (primary N) is 1. The first-order chi connectivity index (χ1) is 16.8. The Morgan fingerprint density at radius 2 is 1.94 bits per heavy atom. The lowest BCUT2D eigenvalue weighted by atomic mass is 9.91. The molecule has 4 amide bonds. The maximum atomic E-state index is 13.2. The van der Waals surface area contributed by atoms with E-state index >= 15 is 0 Å². The van der Waals surface area contributed by atoms with Crippen LogP contribution in [0.5, 0.6) is 5.75 Å². The quantitative estimate of drug-likeness (QED) is 0.306. The van der Waals surface area contributed by atoms with Crippen molar-refractivity contribution in [1.82, 2.24) is 20.9 Å². The van der Waals surface area contributed by atoms with Gasteiger partial charge in [0.25, 0.3) is 5.91 Å². The maximum Gasteiger partial charge on any atom is 0.268 e. The molecule has 11 heteroatoms. The van der Waals surface area contributed by atoms with Crippen molar-refractivity contribution in [2.75, 3.05) is 13.7 Å². The van der Waals surface area contributed by atoms with Crippen molar-refractivity contribution in [3.05, 3.63) is 28.4 Å². The van der Waals surface area contributed by atoms with Crippen LogP contribution in [0.25, 0.3) is 10.9 Å². The summed E-state index contributed by atoms with van der Waals surface area (Å²) in [5, 5.41) is 9.00. The third-order valence-corrected chi connectivity index (χ3v) is 7.30. The molecule has 1 saturated heterocycles. The van der Waals surface area contributed by atoms with Gasteiger partial charge in [0.1, 0.15) is 23.5 Å². The third-order valence-electron chi connectivity index (χ3n) is 6.63. The van der Waals surface area contributed by atoms with E-state index in [1.54, 1.807) is 19.2 Å². The highest BCUT2D eigenvalue weighted by molar-refractivity contribution is 9.10. The van der Waals surface area contributed by atoms with Crippen LogP contribution in [0.15, 0.2) is 22.7 Å². The number of piperidine rings is 1. The number of ether oxygens (including phenoxy) is 1. The molecule has 2 aromatic rings. The second-order valence-corrected chi connectivity index (χ2v) is 10.1. The standard InChI is InChI=1S/C24H30BrN5O5/c1-35-19-7-6-15(25)20-14(19)11-18(28-20)24(34)30-17(9-12-4-5-12)23(33)29-16(21(26)31)10-13-3-2-8-27-22(13)32/h6-7,11-13,16-17,28H,2-5,8-10H2,1H3,(H2,26,31)(H,27,32)(H,29,33)(H,30,34)/t13-,16?,17?/m0/s1. The number of methoxy groups -OCH3 is 1. The highest BCUT2D eigenvalue weighted by Crippen LogP contribution is 2.34. The van der Waals surface area contributed by atoms with Crippen LogP contribution in [0.4, 0.5) is 0 Å². The summed E-state index contributed by atoms with van der Waals surface area (Å²) in [4.78, 5) is 53.5. The van der Waals surface area contributed by atoms with E-state index in [0.29, 0.717) is 36.6 Å². The van der Waals surface area contributed by atoms with Crippen LogP contribution in [0.1, 0.15) is 49.0 Å². The predicted molar refractivity (Wildman–Crippen MR) is 133 cm³/mol. The van der Waals surface area contributed by atoms with Crippen LogP contribution >= 0.6 is 15.9 Å². The SMILES string of the molecule is COc1ccc(Br)c2[nH]c(C(=O)NC(CC3CC3)C(=O)NC(C[C@@H]3CCCNC3=O)C(N)=O)cc12. The number of benzene rings is 1. The first-order valence-corrected chi connectivity index (χ1v) is 12.6. The van der Waals surface area contributed by atoms with Gasteiger partial charge in [0.2, 0.25) is 17.7 Å². The fraction of sp³-hybridized carbons (Fsp3) is 0.500. The Hall–Kier alpha value is -3.08. The van der Waals surface area contributed by atoms with Gasteiger partial charge in [-0.3, -0.25) is 19.2 Å². The van der Waals surface area contributed by atoms with E-state index in [1.807, 2.05) is 6.07 Å². The number of H-pyrrole nitrogens is 1. The molecule has 1 aromatic carbocycles. The molecular formula is C24H30BrN5O5. The van der Waals surface area contributed by atoms with Crippen LogP contribution in [-0.2, 0) is 14.4 Å². The highest BCUT2D eigenvalue weighted by atomic mass is 79.9. The molecule has 1 aliphatic heterocycles. The van der Waals surface area contributed by atoms with Crippen molar-refractivity contribution in [2.45, 2.75) is 50.6 Å². The van der Waals surface area contributed by atoms with Crippen LogP contribution in [0.3, 0.4) is 0 Å². The molecule has 1 aromatic heterocycles. The van der Waals surface area contributed by atoms with Crippen molar-refractivity contribution in [3.63, 3.8) is 0 Å². The average molecular weight is 548 g/mol. The number of primary amides is 1. The molecule has 10 nitrogen and oxygen atoms in total. The molecule has 35 heavy (non-hydrogen) atoms. The molecule has 0 radical (unpaired) electrons. The number of aromatic amines is 1. The normalized spacial score (nSPS) is 19.5. The molecule has 0 bridgehead atoms. The van der Waals surface area contributed by atoms with Crippen LogP contribution in [-0.4, -0.2) is 54.4 Å². The minimum Gasteiger partial charge on any atom is -0.496 e.